The van der Waals surface area contributed by atoms with Gasteiger partial charge < -0.3 is 0 Å². The number of aromatic nitrogens is 5. The number of carbonyl (C=O) groups is 1. The fourth-order valence-electron chi connectivity index (χ4n) is 2.60. The van der Waals surface area contributed by atoms with E-state index >= 15 is 0 Å². The quantitative estimate of drug-likeness (QED) is 0.894. The molecule has 0 aromatic carbocycles. The van der Waals surface area contributed by atoms with Gasteiger partial charge in [-0.15, -0.1) is 5.10 Å². The number of nitrogens with one attached hydrogen (secondary N) is 2. The Balaban J connectivity index is 1.64. The van der Waals surface area contributed by atoms with Crippen molar-refractivity contribution in [3.05, 3.63) is 22.8 Å². The molecule has 3 rings (SSSR count). The van der Waals surface area contributed by atoms with E-state index in [4.69, 9.17) is 0 Å². The van der Waals surface area contributed by atoms with Gasteiger partial charge in [0.15, 0.2) is 0 Å². The Morgan fingerprint density at radius 3 is 2.76 bits per heavy atom. The van der Waals surface area contributed by atoms with E-state index in [1.807, 2.05) is 20.9 Å². The van der Waals surface area contributed by atoms with Crippen molar-refractivity contribution in [2.45, 2.75) is 45.4 Å². The van der Waals surface area contributed by atoms with Crippen LogP contribution >= 0.6 is 0 Å². The number of carbonyl (C=O) groups excluding carboxylic acids is 1. The van der Waals surface area contributed by atoms with Crippen molar-refractivity contribution in [1.82, 2.24) is 25.0 Å². The molecule has 1 amide bonds. The smallest absolute Gasteiger partial charge is 0.248 e. The van der Waals surface area contributed by atoms with E-state index in [1.165, 1.54) is 6.42 Å². The van der Waals surface area contributed by atoms with Gasteiger partial charge in [-0.25, -0.2) is 0 Å². The van der Waals surface area contributed by atoms with Gasteiger partial charge in [0.05, 0.1) is 12.1 Å². The molecule has 1 aliphatic rings. The van der Waals surface area contributed by atoms with Gasteiger partial charge >= 0.3 is 0 Å². The summed E-state index contributed by atoms with van der Waals surface area (Å²) in [7, 11) is 1.88. The predicted octanol–water partition coefficient (Wildman–Crippen LogP) is 1.60. The molecule has 7 heteroatoms. The van der Waals surface area contributed by atoms with Crippen molar-refractivity contribution < 1.29 is 4.79 Å². The van der Waals surface area contributed by atoms with Crippen molar-refractivity contribution in [2.24, 2.45) is 7.05 Å². The molecule has 0 saturated heterocycles. The molecule has 2 heterocycles. The molecule has 0 atom stereocenters. The van der Waals surface area contributed by atoms with E-state index in [0.717, 1.165) is 35.6 Å². The molecule has 21 heavy (non-hydrogen) atoms. The Morgan fingerprint density at radius 2 is 2.19 bits per heavy atom. The Morgan fingerprint density at radius 1 is 1.43 bits per heavy atom. The van der Waals surface area contributed by atoms with E-state index in [0.29, 0.717) is 18.3 Å². The van der Waals surface area contributed by atoms with Crippen LogP contribution in [0.3, 0.4) is 0 Å². The van der Waals surface area contributed by atoms with Crippen molar-refractivity contribution in [1.29, 1.82) is 0 Å². The summed E-state index contributed by atoms with van der Waals surface area (Å²) in [5.41, 5.74) is 2.85. The zero-order chi connectivity index (χ0) is 15.0. The number of aromatic amines is 1. The third-order valence-corrected chi connectivity index (χ3v) is 4.24. The van der Waals surface area contributed by atoms with Crippen LogP contribution in [-0.2, 0) is 18.3 Å². The van der Waals surface area contributed by atoms with Gasteiger partial charge in [-0.3, -0.25) is 19.9 Å². The minimum absolute atomic E-state index is 0.117. The molecular formula is C14H20N6O. The van der Waals surface area contributed by atoms with Crippen LogP contribution in [0.4, 0.5) is 5.95 Å². The number of H-pyrrole nitrogens is 1. The molecule has 1 fully saturated rings. The molecule has 0 bridgehead atoms. The third kappa shape index (κ3) is 2.68. The summed E-state index contributed by atoms with van der Waals surface area (Å²) in [6.45, 7) is 3.88. The average molecular weight is 288 g/mol. The highest BCUT2D eigenvalue weighted by Gasteiger charge is 2.23. The number of nitrogens with zero attached hydrogens (tertiary/aromatic N) is 4. The number of amides is 1. The van der Waals surface area contributed by atoms with Gasteiger partial charge in [0, 0.05) is 24.2 Å². The van der Waals surface area contributed by atoms with E-state index in [9.17, 15) is 4.79 Å². The van der Waals surface area contributed by atoms with Gasteiger partial charge in [0.2, 0.25) is 11.9 Å². The summed E-state index contributed by atoms with van der Waals surface area (Å²) < 4.78 is 1.79. The van der Waals surface area contributed by atoms with Crippen LogP contribution in [0.15, 0.2) is 0 Å². The van der Waals surface area contributed by atoms with Crippen LogP contribution in [0.1, 0.15) is 48.0 Å². The maximum atomic E-state index is 12.1. The molecule has 1 saturated carbocycles. The highest BCUT2D eigenvalue weighted by molar-refractivity contribution is 5.90. The summed E-state index contributed by atoms with van der Waals surface area (Å²) in [4.78, 5) is 16.5. The van der Waals surface area contributed by atoms with Crippen LogP contribution in [-0.4, -0.2) is 30.9 Å². The lowest BCUT2D eigenvalue weighted by molar-refractivity contribution is -0.115. The molecule has 7 nitrogen and oxygen atoms in total. The van der Waals surface area contributed by atoms with Crippen LogP contribution < -0.4 is 5.32 Å². The zero-order valence-electron chi connectivity index (χ0n) is 12.6. The lowest BCUT2D eigenvalue weighted by atomic mass is 9.85. The lowest BCUT2D eigenvalue weighted by Crippen LogP contribution is -2.16. The normalized spacial score (nSPS) is 15.0. The topological polar surface area (TPSA) is 88.5 Å². The van der Waals surface area contributed by atoms with Gasteiger partial charge in [0.1, 0.15) is 5.82 Å². The molecule has 0 aliphatic heterocycles. The first-order valence-corrected chi connectivity index (χ1v) is 7.26. The Kier molecular flexibility index (Phi) is 3.48. The first-order valence-electron chi connectivity index (χ1n) is 7.26. The molecule has 2 aromatic rings. The highest BCUT2D eigenvalue weighted by Crippen LogP contribution is 2.34. The number of aryl methyl sites for hydroxylation is 2. The maximum absolute atomic E-state index is 12.1. The molecule has 0 unspecified atom stereocenters. The fourth-order valence-corrected chi connectivity index (χ4v) is 2.60. The third-order valence-electron chi connectivity index (χ3n) is 4.24. The Bertz CT molecular complexity index is 667. The summed E-state index contributed by atoms with van der Waals surface area (Å²) in [6, 6.07) is 0. The molecule has 0 spiro atoms. The zero-order valence-corrected chi connectivity index (χ0v) is 12.6. The van der Waals surface area contributed by atoms with E-state index < -0.39 is 0 Å². The van der Waals surface area contributed by atoms with Gasteiger partial charge in [-0.2, -0.15) is 10.1 Å². The molecule has 2 N–H and O–H groups in total. The Hall–Kier alpha value is -2.18. The van der Waals surface area contributed by atoms with Crippen molar-refractivity contribution in [2.75, 3.05) is 5.32 Å². The Labute approximate surface area is 123 Å². The highest BCUT2D eigenvalue weighted by atomic mass is 16.1. The molecule has 1 aliphatic carbocycles. The van der Waals surface area contributed by atoms with E-state index in [1.54, 1.807) is 4.68 Å². The van der Waals surface area contributed by atoms with Crippen molar-refractivity contribution >= 4 is 11.9 Å². The summed E-state index contributed by atoms with van der Waals surface area (Å²) >= 11 is 0. The number of hydrogen-bond donors (Lipinski definition) is 2. The SMILES string of the molecule is Cc1nn(C)c(C)c1CC(=O)Nc1n[nH]c(C2CCC2)n1. The minimum Gasteiger partial charge on any atom is -0.293 e. The number of anilines is 1. The van der Waals surface area contributed by atoms with Crippen molar-refractivity contribution in [3.8, 4) is 0 Å². The summed E-state index contributed by atoms with van der Waals surface area (Å²) in [5, 5.41) is 14.0. The van der Waals surface area contributed by atoms with Crippen LogP contribution in [0.2, 0.25) is 0 Å². The number of hydrogen-bond acceptors (Lipinski definition) is 4. The largest absolute Gasteiger partial charge is 0.293 e. The second-order valence-corrected chi connectivity index (χ2v) is 5.67. The van der Waals surface area contributed by atoms with Crippen LogP contribution in [0, 0.1) is 13.8 Å². The molecule has 2 aromatic heterocycles. The molecule has 0 radical (unpaired) electrons. The van der Waals surface area contributed by atoms with Crippen LogP contribution in [0.25, 0.3) is 0 Å². The van der Waals surface area contributed by atoms with E-state index in [2.05, 4.69) is 25.6 Å². The van der Waals surface area contributed by atoms with E-state index in [-0.39, 0.29) is 5.91 Å². The summed E-state index contributed by atoms with van der Waals surface area (Å²) in [5.74, 6) is 1.60. The van der Waals surface area contributed by atoms with Crippen LogP contribution in [0.5, 0.6) is 0 Å². The summed E-state index contributed by atoms with van der Waals surface area (Å²) in [6.07, 6.45) is 3.83. The molecule has 112 valence electrons. The lowest BCUT2D eigenvalue weighted by Gasteiger charge is -2.22. The minimum atomic E-state index is -0.117. The second kappa shape index (κ2) is 5.31. The predicted molar refractivity (Wildman–Crippen MR) is 78.0 cm³/mol. The van der Waals surface area contributed by atoms with Crippen molar-refractivity contribution in [3.63, 3.8) is 0 Å². The first-order chi connectivity index (χ1) is 10.0. The molecular weight excluding hydrogens is 268 g/mol. The van der Waals surface area contributed by atoms with Gasteiger partial charge in [-0.1, -0.05) is 6.42 Å². The first kappa shape index (κ1) is 13.8. The maximum Gasteiger partial charge on any atom is 0.248 e. The van der Waals surface area contributed by atoms with Gasteiger partial charge in [0.25, 0.3) is 0 Å². The standard InChI is InChI=1S/C14H20N6O/c1-8-11(9(2)20(3)19-8)7-12(21)15-14-16-13(17-18-14)10-5-4-6-10/h10H,4-7H2,1-3H3,(H2,15,16,17,18,21). The monoisotopic (exact) mass is 288 g/mol. The number of rotatable bonds is 4. The fraction of sp³-hybridized carbons (Fsp3) is 0.571. The average Bonchev–Trinajstić information content (AvgIpc) is 2.88. The second-order valence-electron chi connectivity index (χ2n) is 5.67. The van der Waals surface area contributed by atoms with Gasteiger partial charge in [-0.05, 0) is 26.7 Å².